The van der Waals surface area contributed by atoms with Gasteiger partial charge in [-0.3, -0.25) is 9.48 Å². The zero-order chi connectivity index (χ0) is 21.6. The van der Waals surface area contributed by atoms with E-state index >= 15 is 0 Å². The molecule has 2 aromatic heterocycles. The molecular formula is C23H26FN5O2. The van der Waals surface area contributed by atoms with Gasteiger partial charge in [0.05, 0.1) is 5.69 Å². The van der Waals surface area contributed by atoms with Crippen molar-refractivity contribution in [3.05, 3.63) is 53.4 Å². The molecular weight excluding hydrogens is 397 g/mol. The van der Waals surface area contributed by atoms with E-state index in [9.17, 15) is 9.18 Å². The van der Waals surface area contributed by atoms with E-state index in [1.807, 2.05) is 17.9 Å². The van der Waals surface area contributed by atoms with Gasteiger partial charge in [-0.2, -0.15) is 10.1 Å². The third-order valence-electron chi connectivity index (χ3n) is 6.60. The Bertz CT molecular complexity index is 1090. The average molecular weight is 423 g/mol. The normalized spacial score (nSPS) is 18.4. The van der Waals surface area contributed by atoms with Gasteiger partial charge in [0.15, 0.2) is 5.82 Å². The number of hydrogen-bond acceptors (Lipinski definition) is 5. The van der Waals surface area contributed by atoms with Gasteiger partial charge in [-0.25, -0.2) is 4.39 Å². The van der Waals surface area contributed by atoms with E-state index in [1.54, 1.807) is 23.9 Å². The van der Waals surface area contributed by atoms with Gasteiger partial charge in [-0.15, -0.1) is 0 Å². The highest BCUT2D eigenvalue weighted by molar-refractivity contribution is 5.92. The van der Waals surface area contributed by atoms with Gasteiger partial charge >= 0.3 is 0 Å². The second kappa shape index (κ2) is 7.59. The van der Waals surface area contributed by atoms with Crippen LogP contribution in [0, 0.1) is 18.7 Å². The first-order valence-electron chi connectivity index (χ1n) is 10.8. The van der Waals surface area contributed by atoms with E-state index in [0.29, 0.717) is 42.0 Å². The van der Waals surface area contributed by atoms with Gasteiger partial charge in [0, 0.05) is 31.1 Å². The van der Waals surface area contributed by atoms with Gasteiger partial charge in [0.2, 0.25) is 0 Å². The summed E-state index contributed by atoms with van der Waals surface area (Å²) in [6.07, 6.45) is 5.09. The van der Waals surface area contributed by atoms with Crippen molar-refractivity contribution in [1.82, 2.24) is 24.8 Å². The summed E-state index contributed by atoms with van der Waals surface area (Å²) >= 11 is 0. The van der Waals surface area contributed by atoms with Gasteiger partial charge in [0.1, 0.15) is 11.5 Å². The predicted molar refractivity (Wildman–Crippen MR) is 112 cm³/mol. The number of carbonyl (C=O) groups is 1. The molecule has 0 atom stereocenters. The van der Waals surface area contributed by atoms with Crippen LogP contribution in [-0.4, -0.2) is 43.8 Å². The number of rotatable bonds is 5. The van der Waals surface area contributed by atoms with Crippen LogP contribution in [0.5, 0.6) is 0 Å². The fourth-order valence-electron chi connectivity index (χ4n) is 4.65. The Hall–Kier alpha value is -3.03. The summed E-state index contributed by atoms with van der Waals surface area (Å²) in [7, 11) is 1.80. The number of benzene rings is 1. The van der Waals surface area contributed by atoms with Crippen molar-refractivity contribution in [3.8, 4) is 11.5 Å². The summed E-state index contributed by atoms with van der Waals surface area (Å²) in [6.45, 7) is 3.19. The molecule has 0 bridgehead atoms. The summed E-state index contributed by atoms with van der Waals surface area (Å²) in [5.74, 6) is 1.53. The molecule has 2 fully saturated rings. The lowest BCUT2D eigenvalue weighted by atomic mass is 9.73. The second-order valence-corrected chi connectivity index (χ2v) is 8.94. The minimum absolute atomic E-state index is 0.0169. The minimum atomic E-state index is -0.297. The van der Waals surface area contributed by atoms with Crippen molar-refractivity contribution in [1.29, 1.82) is 0 Å². The third kappa shape index (κ3) is 3.86. The van der Waals surface area contributed by atoms with E-state index in [4.69, 9.17) is 9.51 Å². The SMILES string of the molecule is Cc1cc(C(=O)N2CCC(CC3CC3)(c3noc(-c4ccc(F)cc4)n3)CC2)n(C)n1. The molecule has 1 saturated carbocycles. The van der Waals surface area contributed by atoms with Crippen LogP contribution in [0.1, 0.15) is 54.1 Å². The first-order chi connectivity index (χ1) is 14.9. The Kier molecular flexibility index (Phi) is 4.87. The summed E-state index contributed by atoms with van der Waals surface area (Å²) < 4.78 is 20.5. The molecule has 31 heavy (non-hydrogen) atoms. The standard InChI is InChI=1S/C23H26FN5O2/c1-15-13-19(28(2)26-15)21(30)29-11-9-23(10-12-29,14-16-3-4-16)22-25-20(31-27-22)17-5-7-18(24)8-6-17/h5-8,13,16H,3-4,9-12,14H2,1-2H3. The first kappa shape index (κ1) is 19.9. The molecule has 2 aliphatic rings. The van der Waals surface area contributed by atoms with Gasteiger partial charge in [-0.1, -0.05) is 18.0 Å². The maximum atomic E-state index is 13.3. The number of aryl methyl sites for hydroxylation is 2. The highest BCUT2D eigenvalue weighted by atomic mass is 19.1. The molecule has 1 aliphatic heterocycles. The fraction of sp³-hybridized carbons (Fsp3) is 0.478. The lowest BCUT2D eigenvalue weighted by Crippen LogP contribution is -2.46. The zero-order valence-electron chi connectivity index (χ0n) is 17.8. The average Bonchev–Trinajstić information content (AvgIpc) is 3.30. The van der Waals surface area contributed by atoms with Crippen molar-refractivity contribution in [2.45, 2.75) is 44.4 Å². The van der Waals surface area contributed by atoms with E-state index in [0.717, 1.165) is 25.0 Å². The number of carbonyl (C=O) groups excluding carboxylic acids is 1. The Morgan fingerprint density at radius 2 is 1.94 bits per heavy atom. The maximum absolute atomic E-state index is 13.3. The number of piperidine rings is 1. The smallest absolute Gasteiger partial charge is 0.272 e. The number of amides is 1. The maximum Gasteiger partial charge on any atom is 0.272 e. The Morgan fingerprint density at radius 3 is 2.55 bits per heavy atom. The molecule has 3 aromatic rings. The number of aromatic nitrogens is 4. The van der Waals surface area contributed by atoms with Crippen LogP contribution in [0.3, 0.4) is 0 Å². The third-order valence-corrected chi connectivity index (χ3v) is 6.60. The molecule has 0 N–H and O–H groups in total. The van der Waals surface area contributed by atoms with E-state index < -0.39 is 0 Å². The van der Waals surface area contributed by atoms with Gasteiger partial charge < -0.3 is 9.42 Å². The Balaban J connectivity index is 1.36. The van der Waals surface area contributed by atoms with E-state index in [2.05, 4.69) is 10.3 Å². The molecule has 5 rings (SSSR count). The van der Waals surface area contributed by atoms with Crippen LogP contribution in [0.4, 0.5) is 4.39 Å². The van der Waals surface area contributed by atoms with Gasteiger partial charge in [0.25, 0.3) is 11.8 Å². The highest BCUT2D eigenvalue weighted by Gasteiger charge is 2.45. The van der Waals surface area contributed by atoms with Crippen molar-refractivity contribution < 1.29 is 13.7 Å². The minimum Gasteiger partial charge on any atom is -0.337 e. The molecule has 1 aromatic carbocycles. The molecule has 1 saturated heterocycles. The number of halogens is 1. The van der Waals surface area contributed by atoms with Crippen molar-refractivity contribution in [2.24, 2.45) is 13.0 Å². The lowest BCUT2D eigenvalue weighted by Gasteiger charge is -2.40. The van der Waals surface area contributed by atoms with Gasteiger partial charge in [-0.05, 0) is 62.4 Å². The Morgan fingerprint density at radius 1 is 1.23 bits per heavy atom. The topological polar surface area (TPSA) is 77.0 Å². The highest BCUT2D eigenvalue weighted by Crippen LogP contribution is 2.47. The van der Waals surface area contributed by atoms with Crippen LogP contribution in [0.15, 0.2) is 34.9 Å². The molecule has 7 nitrogen and oxygen atoms in total. The Labute approximate surface area is 180 Å². The molecule has 0 spiro atoms. The molecule has 3 heterocycles. The number of likely N-dealkylation sites (tertiary alicyclic amines) is 1. The molecule has 0 radical (unpaired) electrons. The summed E-state index contributed by atoms with van der Waals surface area (Å²) in [6, 6.07) is 7.92. The lowest BCUT2D eigenvalue weighted by molar-refractivity contribution is 0.0634. The van der Waals surface area contributed by atoms with Crippen LogP contribution >= 0.6 is 0 Å². The summed E-state index contributed by atoms with van der Waals surface area (Å²) in [5.41, 5.74) is 1.97. The van der Waals surface area contributed by atoms with Crippen LogP contribution in [-0.2, 0) is 12.5 Å². The van der Waals surface area contributed by atoms with E-state index in [1.165, 1.54) is 25.0 Å². The second-order valence-electron chi connectivity index (χ2n) is 8.94. The molecule has 0 unspecified atom stereocenters. The van der Waals surface area contributed by atoms with Crippen molar-refractivity contribution in [3.63, 3.8) is 0 Å². The molecule has 1 amide bonds. The molecule has 162 valence electrons. The van der Waals surface area contributed by atoms with Crippen LogP contribution in [0.2, 0.25) is 0 Å². The molecule has 1 aliphatic carbocycles. The summed E-state index contributed by atoms with van der Waals surface area (Å²) in [5, 5.41) is 8.64. The van der Waals surface area contributed by atoms with Crippen molar-refractivity contribution >= 4 is 5.91 Å². The zero-order valence-corrected chi connectivity index (χ0v) is 17.8. The van der Waals surface area contributed by atoms with Crippen molar-refractivity contribution in [2.75, 3.05) is 13.1 Å². The fourth-order valence-corrected chi connectivity index (χ4v) is 4.65. The number of hydrogen-bond donors (Lipinski definition) is 0. The largest absolute Gasteiger partial charge is 0.337 e. The van der Waals surface area contributed by atoms with E-state index in [-0.39, 0.29) is 17.1 Å². The quantitative estimate of drug-likeness (QED) is 0.622. The molecule has 8 heteroatoms. The predicted octanol–water partition coefficient (Wildman–Crippen LogP) is 3.89. The summed E-state index contributed by atoms with van der Waals surface area (Å²) in [4.78, 5) is 19.6. The number of nitrogens with zero attached hydrogens (tertiary/aromatic N) is 5. The van der Waals surface area contributed by atoms with Crippen LogP contribution < -0.4 is 0 Å². The first-order valence-corrected chi connectivity index (χ1v) is 10.8. The van der Waals surface area contributed by atoms with Crippen LogP contribution in [0.25, 0.3) is 11.5 Å². The monoisotopic (exact) mass is 423 g/mol.